The van der Waals surface area contributed by atoms with E-state index in [1.165, 1.54) is 7.11 Å². The van der Waals surface area contributed by atoms with Crippen LogP contribution in [-0.2, 0) is 9.47 Å². The lowest BCUT2D eigenvalue weighted by Crippen LogP contribution is -2.32. The molecule has 0 radical (unpaired) electrons. The van der Waals surface area contributed by atoms with Crippen LogP contribution in [0.15, 0.2) is 45.6 Å². The van der Waals surface area contributed by atoms with Crippen LogP contribution < -0.4 is 5.43 Å². The molecule has 0 saturated heterocycles. The van der Waals surface area contributed by atoms with E-state index in [0.29, 0.717) is 34.3 Å². The zero-order chi connectivity index (χ0) is 22.3. The maximum atomic E-state index is 13.5. The number of rotatable bonds is 5. The third-order valence-corrected chi connectivity index (χ3v) is 5.77. The van der Waals surface area contributed by atoms with E-state index >= 15 is 0 Å². The third kappa shape index (κ3) is 3.41. The topological polar surface area (TPSA) is 86.0 Å². The predicted octanol–water partition coefficient (Wildman–Crippen LogP) is 3.39. The van der Waals surface area contributed by atoms with E-state index in [9.17, 15) is 14.4 Å². The minimum absolute atomic E-state index is 0.0545. The van der Waals surface area contributed by atoms with Crippen molar-refractivity contribution in [2.75, 3.05) is 27.4 Å². The number of amides is 1. The van der Waals surface area contributed by atoms with Crippen LogP contribution in [0.2, 0.25) is 0 Å². The zero-order valence-corrected chi connectivity index (χ0v) is 17.9. The van der Waals surface area contributed by atoms with Crippen molar-refractivity contribution in [3.05, 3.63) is 80.2 Å². The monoisotopic (exact) mass is 421 g/mol. The first-order valence-corrected chi connectivity index (χ1v) is 9.93. The van der Waals surface area contributed by atoms with Gasteiger partial charge < -0.3 is 18.8 Å². The molecule has 1 aromatic heterocycles. The van der Waals surface area contributed by atoms with Crippen LogP contribution in [0.3, 0.4) is 0 Å². The van der Waals surface area contributed by atoms with Crippen molar-refractivity contribution in [3.63, 3.8) is 0 Å². The van der Waals surface area contributed by atoms with Crippen LogP contribution in [0.4, 0.5) is 0 Å². The summed E-state index contributed by atoms with van der Waals surface area (Å²) in [6.45, 7) is 4.46. The molecule has 0 fully saturated rings. The van der Waals surface area contributed by atoms with Crippen LogP contribution in [0, 0.1) is 13.8 Å². The van der Waals surface area contributed by atoms with Crippen molar-refractivity contribution < 1.29 is 23.5 Å². The molecule has 0 N–H and O–H groups in total. The molecule has 0 aliphatic carbocycles. The van der Waals surface area contributed by atoms with Gasteiger partial charge in [-0.15, -0.1) is 0 Å². The average molecular weight is 421 g/mol. The van der Waals surface area contributed by atoms with Crippen LogP contribution in [-0.4, -0.2) is 44.1 Å². The molecule has 1 aliphatic heterocycles. The van der Waals surface area contributed by atoms with Gasteiger partial charge in [-0.1, -0.05) is 12.1 Å². The SMILES string of the molecule is COCCN1C(=O)c2oc3cc(C)c(C)cc3c(=O)c2[C@H]1c1ccc(C(=O)OC)cc1. The Labute approximate surface area is 179 Å². The van der Waals surface area contributed by atoms with E-state index in [0.717, 1.165) is 11.1 Å². The van der Waals surface area contributed by atoms with Crippen molar-refractivity contribution in [2.45, 2.75) is 19.9 Å². The molecule has 0 bridgehead atoms. The fraction of sp³-hybridized carbons (Fsp3) is 0.292. The number of fused-ring (bicyclic) bond motifs is 2. The molecular formula is C24H23NO6. The number of esters is 1. The Morgan fingerprint density at radius 2 is 1.74 bits per heavy atom. The first kappa shape index (κ1) is 20.8. The normalized spacial score (nSPS) is 15.4. The number of nitrogens with zero attached hydrogens (tertiary/aromatic N) is 1. The number of carbonyl (C=O) groups excluding carboxylic acids is 2. The van der Waals surface area contributed by atoms with Gasteiger partial charge in [0, 0.05) is 13.7 Å². The lowest BCUT2D eigenvalue weighted by Gasteiger charge is -2.24. The molecule has 2 aromatic carbocycles. The molecule has 0 spiro atoms. The summed E-state index contributed by atoms with van der Waals surface area (Å²) < 4.78 is 15.9. The fourth-order valence-corrected chi connectivity index (χ4v) is 3.96. The van der Waals surface area contributed by atoms with Gasteiger partial charge in [-0.05, 0) is 54.8 Å². The van der Waals surface area contributed by atoms with Crippen LogP contribution in [0.1, 0.15) is 49.2 Å². The molecule has 7 nitrogen and oxygen atoms in total. The Morgan fingerprint density at radius 3 is 2.39 bits per heavy atom. The smallest absolute Gasteiger partial charge is 0.337 e. The van der Waals surface area contributed by atoms with Gasteiger partial charge in [-0.25, -0.2) is 4.79 Å². The average Bonchev–Trinajstić information content (AvgIpc) is 3.05. The first-order valence-electron chi connectivity index (χ1n) is 9.93. The second-order valence-electron chi connectivity index (χ2n) is 7.61. The standard InChI is InChI=1S/C24H23NO6/c1-13-11-17-18(12-14(13)2)31-22-19(21(17)26)20(25(23(22)27)9-10-29-3)15-5-7-16(8-6-15)24(28)30-4/h5-8,11-12,20H,9-10H2,1-4H3/t20-/m1/s1. The van der Waals surface area contributed by atoms with Crippen LogP contribution in [0.25, 0.3) is 11.0 Å². The molecule has 3 aromatic rings. The molecule has 1 atom stereocenters. The number of benzene rings is 2. The molecule has 1 aliphatic rings. The predicted molar refractivity (Wildman–Crippen MR) is 114 cm³/mol. The first-order chi connectivity index (χ1) is 14.9. The van der Waals surface area contributed by atoms with Gasteiger partial charge in [-0.3, -0.25) is 9.59 Å². The second-order valence-corrected chi connectivity index (χ2v) is 7.61. The Kier molecular flexibility index (Phi) is 5.37. The maximum absolute atomic E-state index is 13.5. The second kappa shape index (κ2) is 8.00. The number of ether oxygens (including phenoxy) is 2. The molecule has 0 unspecified atom stereocenters. The van der Waals surface area contributed by atoms with Gasteiger partial charge >= 0.3 is 5.97 Å². The summed E-state index contributed by atoms with van der Waals surface area (Å²) in [6, 6.07) is 9.65. The zero-order valence-electron chi connectivity index (χ0n) is 17.9. The summed E-state index contributed by atoms with van der Waals surface area (Å²) in [7, 11) is 2.87. The molecule has 1 amide bonds. The molecule has 0 saturated carbocycles. The fourth-order valence-electron chi connectivity index (χ4n) is 3.96. The molecule has 31 heavy (non-hydrogen) atoms. The highest BCUT2D eigenvalue weighted by atomic mass is 16.5. The van der Waals surface area contributed by atoms with Crippen LogP contribution in [0.5, 0.6) is 0 Å². The van der Waals surface area contributed by atoms with E-state index in [2.05, 4.69) is 0 Å². The van der Waals surface area contributed by atoms with Gasteiger partial charge in [0.15, 0.2) is 5.43 Å². The molecule has 4 rings (SSSR count). The summed E-state index contributed by atoms with van der Waals surface area (Å²) in [5, 5.41) is 0.444. The molecule has 2 heterocycles. The van der Waals surface area contributed by atoms with Crippen molar-refractivity contribution in [3.8, 4) is 0 Å². The highest BCUT2D eigenvalue weighted by Crippen LogP contribution is 2.38. The van der Waals surface area contributed by atoms with Gasteiger partial charge in [0.1, 0.15) is 5.58 Å². The van der Waals surface area contributed by atoms with Gasteiger partial charge in [0.05, 0.1) is 36.3 Å². The Balaban J connectivity index is 1.92. The molecule has 7 heteroatoms. The highest BCUT2D eigenvalue weighted by molar-refractivity contribution is 5.99. The minimum Gasteiger partial charge on any atom is -0.465 e. The van der Waals surface area contributed by atoms with E-state index < -0.39 is 12.0 Å². The van der Waals surface area contributed by atoms with E-state index in [1.807, 2.05) is 13.8 Å². The Hall–Kier alpha value is -3.45. The summed E-state index contributed by atoms with van der Waals surface area (Å²) in [5.41, 5.74) is 3.51. The number of methoxy groups -OCH3 is 2. The van der Waals surface area contributed by atoms with Crippen molar-refractivity contribution >= 4 is 22.8 Å². The summed E-state index contributed by atoms with van der Waals surface area (Å²) in [5.74, 6) is -0.757. The number of hydrogen-bond acceptors (Lipinski definition) is 6. The van der Waals surface area contributed by atoms with E-state index in [1.54, 1.807) is 48.4 Å². The summed E-state index contributed by atoms with van der Waals surface area (Å²) in [4.78, 5) is 40.1. The molecular weight excluding hydrogens is 398 g/mol. The molecule has 160 valence electrons. The van der Waals surface area contributed by atoms with Crippen molar-refractivity contribution in [1.29, 1.82) is 0 Å². The third-order valence-electron chi connectivity index (χ3n) is 5.77. The van der Waals surface area contributed by atoms with Crippen LogP contribution >= 0.6 is 0 Å². The summed E-state index contributed by atoms with van der Waals surface area (Å²) in [6.07, 6.45) is 0. The number of aryl methyl sites for hydroxylation is 2. The Bertz CT molecular complexity index is 1240. The maximum Gasteiger partial charge on any atom is 0.337 e. The quantitative estimate of drug-likeness (QED) is 0.587. The minimum atomic E-state index is -0.633. The van der Waals surface area contributed by atoms with Gasteiger partial charge in [0.2, 0.25) is 5.76 Å². The van der Waals surface area contributed by atoms with E-state index in [-0.39, 0.29) is 23.6 Å². The van der Waals surface area contributed by atoms with E-state index in [4.69, 9.17) is 13.9 Å². The van der Waals surface area contributed by atoms with Gasteiger partial charge in [0.25, 0.3) is 5.91 Å². The van der Waals surface area contributed by atoms with Crippen molar-refractivity contribution in [2.24, 2.45) is 0 Å². The highest BCUT2D eigenvalue weighted by Gasteiger charge is 2.42. The number of carbonyl (C=O) groups is 2. The van der Waals surface area contributed by atoms with Crippen molar-refractivity contribution in [1.82, 2.24) is 4.90 Å². The lowest BCUT2D eigenvalue weighted by molar-refractivity contribution is 0.0599. The lowest BCUT2D eigenvalue weighted by atomic mass is 9.96. The summed E-state index contributed by atoms with van der Waals surface area (Å²) >= 11 is 0. The Morgan fingerprint density at radius 1 is 1.06 bits per heavy atom. The number of hydrogen-bond donors (Lipinski definition) is 0. The largest absolute Gasteiger partial charge is 0.465 e. The van der Waals surface area contributed by atoms with Gasteiger partial charge in [-0.2, -0.15) is 0 Å².